The van der Waals surface area contributed by atoms with Crippen LogP contribution < -0.4 is 16.0 Å². The number of carbonyl (C=O) groups is 5. The molecule has 6 atom stereocenters. The Labute approximate surface area is 257 Å². The van der Waals surface area contributed by atoms with E-state index in [-0.39, 0.29) is 24.2 Å². The molecule has 2 aromatic carbocycles. The normalized spacial score (nSPS) is 28.1. The largest absolute Gasteiger partial charge is 0.505 e. The number of aromatic hydroxyl groups is 1. The molecule has 0 spiro atoms. The number of anilines is 2. The van der Waals surface area contributed by atoms with Gasteiger partial charge < -0.3 is 26.2 Å². The number of amides is 1. The minimum absolute atomic E-state index is 0.0308. The summed E-state index contributed by atoms with van der Waals surface area (Å²) in [6.07, 6.45) is 0.262. The molecule has 3 aliphatic carbocycles. The predicted molar refractivity (Wildman–Crippen MR) is 164 cm³/mol. The van der Waals surface area contributed by atoms with Crippen LogP contribution in [0, 0.1) is 35.5 Å². The first-order valence-corrected chi connectivity index (χ1v) is 15.2. The predicted octanol–water partition coefficient (Wildman–Crippen LogP) is 3.01. The van der Waals surface area contributed by atoms with Crippen LogP contribution in [-0.4, -0.2) is 58.9 Å². The average Bonchev–Trinajstić information content (AvgIpc) is 2.94. The molecule has 5 rings (SSSR count). The molecule has 10 nitrogen and oxygen atoms in total. The van der Waals surface area contributed by atoms with Crippen molar-refractivity contribution in [2.24, 2.45) is 41.2 Å². The fourth-order valence-electron chi connectivity index (χ4n) is 7.65. The standard InChI is InChI=1S/C34H41N3O7/c1-15(2)18-9-7-17(8-10-18)14-36-22-13-23(37(5)6)20-11-19-12-21-24(16(3)4)29(39)27(33(35)43)32(42)34(21,44)31(41)25(19)30(40)26(20)28(22)38/h7-10,13,15-16,19,21,24-25,27,36,38,44H,11-12,14H2,1-6H3,(H2,35,43)/t19-,21-,24-,25?,27?,34-/m0/s1. The van der Waals surface area contributed by atoms with Crippen LogP contribution in [0.5, 0.6) is 5.75 Å². The topological polar surface area (TPSA) is 167 Å². The molecule has 0 bridgehead atoms. The summed E-state index contributed by atoms with van der Waals surface area (Å²) in [5, 5.41) is 26.5. The lowest BCUT2D eigenvalue weighted by atomic mass is 9.50. The second-order valence-electron chi connectivity index (χ2n) is 13.4. The molecule has 10 heteroatoms. The highest BCUT2D eigenvalue weighted by molar-refractivity contribution is 6.32. The van der Waals surface area contributed by atoms with Crippen molar-refractivity contribution in [1.82, 2.24) is 0 Å². The summed E-state index contributed by atoms with van der Waals surface area (Å²) in [4.78, 5) is 69.2. The number of nitrogens with zero attached hydrogens (tertiary/aromatic N) is 1. The quantitative estimate of drug-likeness (QED) is 0.275. The molecule has 0 aliphatic heterocycles. The Morgan fingerprint density at radius 1 is 1.07 bits per heavy atom. The first-order valence-electron chi connectivity index (χ1n) is 15.2. The number of ketones is 4. The second kappa shape index (κ2) is 11.1. The van der Waals surface area contributed by atoms with Crippen molar-refractivity contribution in [2.75, 3.05) is 24.3 Å². The van der Waals surface area contributed by atoms with Gasteiger partial charge in [0.25, 0.3) is 0 Å². The Kier molecular flexibility index (Phi) is 7.95. The smallest absolute Gasteiger partial charge is 0.235 e. The van der Waals surface area contributed by atoms with E-state index in [1.807, 2.05) is 43.3 Å². The Morgan fingerprint density at radius 2 is 1.70 bits per heavy atom. The van der Waals surface area contributed by atoms with Crippen molar-refractivity contribution in [3.8, 4) is 5.75 Å². The Bertz CT molecular complexity index is 1560. The van der Waals surface area contributed by atoms with Crippen LogP contribution in [-0.2, 0) is 32.1 Å². The van der Waals surface area contributed by atoms with Crippen LogP contribution in [0.3, 0.4) is 0 Å². The Hall–Kier alpha value is -4.05. The summed E-state index contributed by atoms with van der Waals surface area (Å²) in [5.74, 6) is -11.3. The van der Waals surface area contributed by atoms with E-state index in [9.17, 15) is 34.2 Å². The number of primary amides is 1. The van der Waals surface area contributed by atoms with E-state index in [1.54, 1.807) is 19.9 Å². The van der Waals surface area contributed by atoms with Gasteiger partial charge in [-0.2, -0.15) is 0 Å². The maximum Gasteiger partial charge on any atom is 0.235 e. The lowest BCUT2D eigenvalue weighted by Gasteiger charge is -2.52. The maximum atomic E-state index is 14.2. The van der Waals surface area contributed by atoms with Crippen LogP contribution in [0.2, 0.25) is 0 Å². The van der Waals surface area contributed by atoms with Crippen molar-refractivity contribution in [1.29, 1.82) is 0 Å². The van der Waals surface area contributed by atoms with Gasteiger partial charge in [-0.05, 0) is 53.4 Å². The second-order valence-corrected chi connectivity index (χ2v) is 13.4. The lowest BCUT2D eigenvalue weighted by Crippen LogP contribution is -2.71. The van der Waals surface area contributed by atoms with E-state index in [2.05, 4.69) is 19.2 Å². The number of Topliss-reactive ketones (excluding diaryl/α,β-unsaturated/α-hetero) is 4. The van der Waals surface area contributed by atoms with E-state index in [0.29, 0.717) is 29.4 Å². The third-order valence-corrected chi connectivity index (χ3v) is 9.90. The summed E-state index contributed by atoms with van der Waals surface area (Å²) >= 11 is 0. The summed E-state index contributed by atoms with van der Waals surface area (Å²) in [6, 6.07) is 9.85. The molecule has 3 aliphatic rings. The molecule has 0 saturated heterocycles. The summed E-state index contributed by atoms with van der Waals surface area (Å²) in [7, 11) is 3.64. The van der Waals surface area contributed by atoms with Crippen molar-refractivity contribution in [3.05, 3.63) is 52.6 Å². The summed E-state index contributed by atoms with van der Waals surface area (Å²) in [6.45, 7) is 8.04. The Morgan fingerprint density at radius 3 is 2.25 bits per heavy atom. The number of fused-ring (bicyclic) bond motifs is 3. The van der Waals surface area contributed by atoms with Gasteiger partial charge in [-0.25, -0.2) is 0 Å². The molecule has 2 aromatic rings. The first kappa shape index (κ1) is 31.4. The minimum Gasteiger partial charge on any atom is -0.505 e. The average molecular weight is 604 g/mol. The van der Waals surface area contributed by atoms with Gasteiger partial charge in [0, 0.05) is 38.2 Å². The summed E-state index contributed by atoms with van der Waals surface area (Å²) < 4.78 is 0. The highest BCUT2D eigenvalue weighted by atomic mass is 16.3. The molecule has 0 heterocycles. The van der Waals surface area contributed by atoms with E-state index in [4.69, 9.17) is 5.73 Å². The third-order valence-electron chi connectivity index (χ3n) is 9.90. The van der Waals surface area contributed by atoms with Crippen molar-refractivity contribution in [3.63, 3.8) is 0 Å². The first-order chi connectivity index (χ1) is 20.6. The lowest BCUT2D eigenvalue weighted by molar-refractivity contribution is -0.182. The fourth-order valence-corrected chi connectivity index (χ4v) is 7.65. The molecule has 44 heavy (non-hydrogen) atoms. The van der Waals surface area contributed by atoms with E-state index >= 15 is 0 Å². The number of benzene rings is 2. The minimum atomic E-state index is -2.71. The van der Waals surface area contributed by atoms with Crippen LogP contribution in [0.15, 0.2) is 30.3 Å². The molecule has 234 valence electrons. The molecular weight excluding hydrogens is 562 g/mol. The van der Waals surface area contributed by atoms with Gasteiger partial charge >= 0.3 is 0 Å². The number of aliphatic hydroxyl groups is 1. The number of phenolic OH excluding ortho intramolecular Hbond substituents is 1. The zero-order chi connectivity index (χ0) is 32.4. The Balaban J connectivity index is 1.56. The SMILES string of the molecule is CC(C)c1ccc(CNc2cc(N(C)C)c3c(c2O)C(=O)C2C(=O)[C@]4(O)C(=O)C(C(N)=O)C(=O)[C@@H](C(C)C)[C@@H]4C[C@@H]2C3)cc1. The number of phenols is 1. The van der Waals surface area contributed by atoms with Crippen LogP contribution in [0.4, 0.5) is 11.4 Å². The monoisotopic (exact) mass is 603 g/mol. The fraction of sp³-hybridized carbons (Fsp3) is 0.500. The highest BCUT2D eigenvalue weighted by Crippen LogP contribution is 2.54. The van der Waals surface area contributed by atoms with Crippen molar-refractivity contribution in [2.45, 2.75) is 58.6 Å². The third kappa shape index (κ3) is 4.70. The number of hydrogen-bond donors (Lipinski definition) is 4. The van der Waals surface area contributed by atoms with E-state index in [0.717, 1.165) is 5.56 Å². The number of carbonyl (C=O) groups excluding carboxylic acids is 5. The zero-order valence-electron chi connectivity index (χ0n) is 26.0. The molecule has 1 amide bonds. The van der Waals surface area contributed by atoms with Crippen molar-refractivity contribution < 1.29 is 34.2 Å². The summed E-state index contributed by atoms with van der Waals surface area (Å²) in [5.41, 5.74) is 6.39. The van der Waals surface area contributed by atoms with E-state index in [1.165, 1.54) is 5.56 Å². The number of nitrogens with one attached hydrogen (secondary N) is 1. The number of rotatable bonds is 7. The molecule has 2 saturated carbocycles. The van der Waals surface area contributed by atoms with Gasteiger partial charge in [-0.1, -0.05) is 52.0 Å². The number of nitrogens with two attached hydrogens (primary N) is 1. The maximum absolute atomic E-state index is 14.2. The van der Waals surface area contributed by atoms with Crippen LogP contribution in [0.1, 0.15) is 67.1 Å². The highest BCUT2D eigenvalue weighted by Gasteiger charge is 2.69. The van der Waals surface area contributed by atoms with Crippen molar-refractivity contribution >= 4 is 40.4 Å². The number of hydrogen-bond acceptors (Lipinski definition) is 9. The molecule has 2 unspecified atom stereocenters. The van der Waals surface area contributed by atoms with Crippen LogP contribution in [0.25, 0.3) is 0 Å². The van der Waals surface area contributed by atoms with Gasteiger partial charge in [0.15, 0.2) is 34.7 Å². The van der Waals surface area contributed by atoms with Gasteiger partial charge in [0.1, 0.15) is 5.75 Å². The van der Waals surface area contributed by atoms with Gasteiger partial charge in [0.2, 0.25) is 5.91 Å². The van der Waals surface area contributed by atoms with Gasteiger partial charge in [0.05, 0.1) is 17.2 Å². The molecule has 0 radical (unpaired) electrons. The van der Waals surface area contributed by atoms with Gasteiger partial charge in [-0.15, -0.1) is 0 Å². The zero-order valence-corrected chi connectivity index (χ0v) is 26.0. The molecule has 0 aromatic heterocycles. The van der Waals surface area contributed by atoms with Crippen LogP contribution >= 0.6 is 0 Å². The molecular formula is C34H41N3O7. The molecule has 5 N–H and O–H groups in total. The van der Waals surface area contributed by atoms with Gasteiger partial charge in [-0.3, -0.25) is 24.0 Å². The van der Waals surface area contributed by atoms with E-state index < -0.39 is 70.1 Å². The molecule has 2 fully saturated rings.